The number of oxime groups is 1. The first-order valence-corrected chi connectivity index (χ1v) is 5.21. The van der Waals surface area contributed by atoms with Crippen molar-refractivity contribution in [1.29, 1.82) is 0 Å². The van der Waals surface area contributed by atoms with Crippen molar-refractivity contribution >= 4 is 23.5 Å². The van der Waals surface area contributed by atoms with E-state index in [4.69, 9.17) is 21.2 Å². The Hall–Kier alpha value is -2.34. The van der Waals surface area contributed by atoms with Crippen LogP contribution in [0.25, 0.3) is 11.3 Å². The van der Waals surface area contributed by atoms with Crippen LogP contribution in [0, 0.1) is 10.1 Å². The van der Waals surface area contributed by atoms with Crippen LogP contribution in [0.2, 0.25) is 5.02 Å². The summed E-state index contributed by atoms with van der Waals surface area (Å²) < 4.78 is 5.28. The molecule has 92 valence electrons. The van der Waals surface area contributed by atoms with E-state index in [1.165, 1.54) is 24.3 Å². The molecule has 0 aliphatic carbocycles. The summed E-state index contributed by atoms with van der Waals surface area (Å²) >= 11 is 5.71. The van der Waals surface area contributed by atoms with Gasteiger partial charge in [0.15, 0.2) is 0 Å². The van der Waals surface area contributed by atoms with Crippen molar-refractivity contribution in [1.82, 2.24) is 0 Å². The fourth-order valence-electron chi connectivity index (χ4n) is 1.49. The van der Waals surface area contributed by atoms with Gasteiger partial charge in [0.05, 0.1) is 10.5 Å². The predicted molar refractivity (Wildman–Crippen MR) is 65.2 cm³/mol. The van der Waals surface area contributed by atoms with E-state index in [1.807, 2.05) is 0 Å². The number of benzene rings is 1. The zero-order chi connectivity index (χ0) is 13.1. The Morgan fingerprint density at radius 2 is 2.17 bits per heavy atom. The number of nitro benzene ring substituents is 1. The summed E-state index contributed by atoms with van der Waals surface area (Å²) in [6.07, 6.45) is 1.09. The molecule has 0 atom stereocenters. The zero-order valence-electron chi connectivity index (χ0n) is 8.91. The number of nitrogens with zero attached hydrogens (tertiary/aromatic N) is 2. The molecule has 0 unspecified atom stereocenters. The number of furan rings is 1. The standard InChI is InChI=1S/C11H7ClN2O4/c12-7-1-3-9(10(5-7)14(16)17)11-4-2-8(18-11)6-13-15/h1-6,15H/b13-6-. The van der Waals surface area contributed by atoms with E-state index in [-0.39, 0.29) is 16.5 Å². The second-order valence-electron chi connectivity index (χ2n) is 3.37. The monoisotopic (exact) mass is 266 g/mol. The Balaban J connectivity index is 2.52. The largest absolute Gasteiger partial charge is 0.455 e. The highest BCUT2D eigenvalue weighted by Crippen LogP contribution is 2.33. The van der Waals surface area contributed by atoms with Crippen molar-refractivity contribution in [2.75, 3.05) is 0 Å². The molecule has 0 saturated carbocycles. The molecule has 6 nitrogen and oxygen atoms in total. The van der Waals surface area contributed by atoms with Crippen LogP contribution in [0.5, 0.6) is 0 Å². The van der Waals surface area contributed by atoms with Gasteiger partial charge in [-0.05, 0) is 24.3 Å². The van der Waals surface area contributed by atoms with Crippen LogP contribution < -0.4 is 0 Å². The Kier molecular flexibility index (Phi) is 3.29. The van der Waals surface area contributed by atoms with Gasteiger partial charge in [0, 0.05) is 11.1 Å². The van der Waals surface area contributed by atoms with E-state index in [0.717, 1.165) is 6.21 Å². The van der Waals surface area contributed by atoms with Gasteiger partial charge in [-0.15, -0.1) is 0 Å². The lowest BCUT2D eigenvalue weighted by Crippen LogP contribution is -1.91. The second kappa shape index (κ2) is 4.89. The van der Waals surface area contributed by atoms with Crippen molar-refractivity contribution in [2.24, 2.45) is 5.16 Å². The molecule has 1 aromatic carbocycles. The molecule has 7 heteroatoms. The highest BCUT2D eigenvalue weighted by Gasteiger charge is 2.18. The van der Waals surface area contributed by atoms with Crippen LogP contribution in [-0.4, -0.2) is 16.3 Å². The normalized spacial score (nSPS) is 10.9. The molecule has 0 aliphatic rings. The van der Waals surface area contributed by atoms with Gasteiger partial charge in [-0.3, -0.25) is 10.1 Å². The fourth-order valence-corrected chi connectivity index (χ4v) is 1.65. The van der Waals surface area contributed by atoms with E-state index in [9.17, 15) is 10.1 Å². The Labute approximate surface area is 106 Å². The molecule has 0 amide bonds. The third-order valence-corrected chi connectivity index (χ3v) is 2.47. The van der Waals surface area contributed by atoms with E-state index in [0.29, 0.717) is 11.3 Å². The molecule has 0 saturated heterocycles. The van der Waals surface area contributed by atoms with Crippen LogP contribution in [0.1, 0.15) is 5.76 Å². The van der Waals surface area contributed by atoms with Crippen molar-refractivity contribution in [2.45, 2.75) is 0 Å². The quantitative estimate of drug-likeness (QED) is 0.399. The van der Waals surface area contributed by atoms with E-state index >= 15 is 0 Å². The third kappa shape index (κ3) is 2.33. The van der Waals surface area contributed by atoms with Gasteiger partial charge in [0.25, 0.3) is 5.69 Å². The second-order valence-corrected chi connectivity index (χ2v) is 3.80. The van der Waals surface area contributed by atoms with Crippen LogP contribution in [0.4, 0.5) is 5.69 Å². The zero-order valence-corrected chi connectivity index (χ0v) is 9.66. The van der Waals surface area contributed by atoms with Crippen molar-refractivity contribution in [3.05, 3.63) is 51.2 Å². The summed E-state index contributed by atoms with van der Waals surface area (Å²) in [4.78, 5) is 10.4. The van der Waals surface area contributed by atoms with Crippen LogP contribution in [-0.2, 0) is 0 Å². The molecule has 2 aromatic rings. The Bertz CT molecular complexity index is 621. The van der Waals surface area contributed by atoms with Gasteiger partial charge in [0.1, 0.15) is 17.7 Å². The lowest BCUT2D eigenvalue weighted by molar-refractivity contribution is -0.384. The summed E-state index contributed by atoms with van der Waals surface area (Å²) in [7, 11) is 0. The molecule has 0 aliphatic heterocycles. The molecule has 0 spiro atoms. The first-order valence-electron chi connectivity index (χ1n) is 4.83. The minimum Gasteiger partial charge on any atom is -0.455 e. The molecule has 1 N–H and O–H groups in total. The van der Waals surface area contributed by atoms with Gasteiger partial charge in [0.2, 0.25) is 0 Å². The van der Waals surface area contributed by atoms with Gasteiger partial charge >= 0.3 is 0 Å². The van der Waals surface area contributed by atoms with E-state index in [2.05, 4.69) is 5.16 Å². The third-order valence-electron chi connectivity index (χ3n) is 2.23. The van der Waals surface area contributed by atoms with Gasteiger partial charge < -0.3 is 9.62 Å². The van der Waals surface area contributed by atoms with E-state index in [1.54, 1.807) is 6.07 Å². The smallest absolute Gasteiger partial charge is 0.281 e. The average molecular weight is 267 g/mol. The summed E-state index contributed by atoms with van der Waals surface area (Å²) in [5.74, 6) is 0.588. The molecular formula is C11H7ClN2O4. The van der Waals surface area contributed by atoms with Crippen molar-refractivity contribution < 1.29 is 14.5 Å². The summed E-state index contributed by atoms with van der Waals surface area (Å²) in [6, 6.07) is 7.37. The highest BCUT2D eigenvalue weighted by atomic mass is 35.5. The van der Waals surface area contributed by atoms with E-state index < -0.39 is 4.92 Å². The molecule has 1 aromatic heterocycles. The lowest BCUT2D eigenvalue weighted by Gasteiger charge is -2.00. The van der Waals surface area contributed by atoms with Gasteiger partial charge in [-0.25, -0.2) is 0 Å². The minimum absolute atomic E-state index is 0.149. The molecule has 0 radical (unpaired) electrons. The molecule has 2 rings (SSSR count). The molecule has 0 bridgehead atoms. The van der Waals surface area contributed by atoms with Crippen molar-refractivity contribution in [3.8, 4) is 11.3 Å². The number of hydrogen-bond acceptors (Lipinski definition) is 5. The first kappa shape index (κ1) is 12.1. The molecule has 18 heavy (non-hydrogen) atoms. The number of hydrogen-bond donors (Lipinski definition) is 1. The first-order chi connectivity index (χ1) is 8.61. The average Bonchev–Trinajstić information content (AvgIpc) is 2.78. The minimum atomic E-state index is -0.538. The maximum absolute atomic E-state index is 10.9. The fraction of sp³-hybridized carbons (Fsp3) is 0. The Morgan fingerprint density at radius 3 is 2.83 bits per heavy atom. The van der Waals surface area contributed by atoms with Gasteiger partial charge in [-0.2, -0.15) is 0 Å². The summed E-state index contributed by atoms with van der Waals surface area (Å²) in [5, 5.41) is 22.4. The molecule has 1 heterocycles. The van der Waals surface area contributed by atoms with Crippen LogP contribution >= 0.6 is 11.6 Å². The summed E-state index contributed by atoms with van der Waals surface area (Å²) in [5.41, 5.74) is 0.159. The Morgan fingerprint density at radius 1 is 1.39 bits per heavy atom. The molecule has 0 fully saturated rings. The van der Waals surface area contributed by atoms with Crippen LogP contribution in [0.3, 0.4) is 0 Å². The number of halogens is 1. The number of nitro groups is 1. The van der Waals surface area contributed by atoms with Gasteiger partial charge in [-0.1, -0.05) is 16.8 Å². The highest BCUT2D eigenvalue weighted by molar-refractivity contribution is 6.30. The maximum Gasteiger partial charge on any atom is 0.281 e. The molecular weight excluding hydrogens is 260 g/mol. The maximum atomic E-state index is 10.9. The number of rotatable bonds is 3. The van der Waals surface area contributed by atoms with Crippen molar-refractivity contribution in [3.63, 3.8) is 0 Å². The lowest BCUT2D eigenvalue weighted by atomic mass is 10.1. The SMILES string of the molecule is O=[N+]([O-])c1cc(Cl)ccc1-c1ccc(/C=N\O)o1. The topological polar surface area (TPSA) is 88.9 Å². The summed E-state index contributed by atoms with van der Waals surface area (Å²) in [6.45, 7) is 0. The van der Waals surface area contributed by atoms with Crippen LogP contribution in [0.15, 0.2) is 39.9 Å². The predicted octanol–water partition coefficient (Wildman–Crippen LogP) is 3.32.